The molecule has 5 heteroatoms. The van der Waals surface area contributed by atoms with Crippen molar-refractivity contribution in [3.8, 4) is 0 Å². The summed E-state index contributed by atoms with van der Waals surface area (Å²) in [6, 6.07) is 0. The van der Waals surface area contributed by atoms with Crippen molar-refractivity contribution < 1.29 is 24.9 Å². The maximum absolute atomic E-state index is 11.8. The number of Topliss-reactive ketones (excluding diaryl/α,β-unsaturated/α-hetero) is 1. The van der Waals surface area contributed by atoms with Crippen LogP contribution in [0.25, 0.3) is 0 Å². The van der Waals surface area contributed by atoms with Crippen LogP contribution in [0.5, 0.6) is 0 Å². The van der Waals surface area contributed by atoms with E-state index in [0.29, 0.717) is 19.4 Å². The molecule has 0 aromatic heterocycles. The number of carbonyl (C=O) groups is 1. The topological polar surface area (TPSA) is 87.0 Å². The van der Waals surface area contributed by atoms with Gasteiger partial charge in [0.15, 0.2) is 5.78 Å². The maximum atomic E-state index is 11.8. The molecule has 0 amide bonds. The highest BCUT2D eigenvalue weighted by atomic mass is 16.5. The van der Waals surface area contributed by atoms with Gasteiger partial charge >= 0.3 is 0 Å². The van der Waals surface area contributed by atoms with Crippen molar-refractivity contribution in [1.82, 2.24) is 0 Å². The van der Waals surface area contributed by atoms with Crippen LogP contribution in [0.4, 0.5) is 0 Å². The molecule has 0 aromatic carbocycles. The second-order valence-corrected chi connectivity index (χ2v) is 11.0. The third-order valence-corrected chi connectivity index (χ3v) is 8.29. The summed E-state index contributed by atoms with van der Waals surface area (Å²) in [6.07, 6.45) is 18.6. The SMILES string of the molecule is CCCCCCC1(C(O)/C=C/[C@@H]2[C@@H](CCCCCCC(=O)COCCC)[C@@H](O)C[C@H]2O)CCC1. The molecule has 5 nitrogen and oxygen atoms in total. The number of carbonyl (C=O) groups excluding carboxylic acids is 1. The minimum Gasteiger partial charge on any atom is -0.393 e. The van der Waals surface area contributed by atoms with Crippen LogP contribution in [0.1, 0.15) is 117 Å². The summed E-state index contributed by atoms with van der Waals surface area (Å²) in [5.74, 6) is 0.143. The molecule has 0 saturated heterocycles. The first-order chi connectivity index (χ1) is 16.4. The Morgan fingerprint density at radius 2 is 1.74 bits per heavy atom. The molecular weight excluding hydrogens is 428 g/mol. The van der Waals surface area contributed by atoms with E-state index in [1.165, 1.54) is 32.1 Å². The van der Waals surface area contributed by atoms with E-state index in [2.05, 4.69) is 6.92 Å². The number of ether oxygens (including phenoxy) is 1. The Bertz CT molecular complexity index is 585. The second kappa shape index (κ2) is 16.1. The van der Waals surface area contributed by atoms with Crippen LogP contribution < -0.4 is 0 Å². The van der Waals surface area contributed by atoms with E-state index in [4.69, 9.17) is 4.74 Å². The monoisotopic (exact) mass is 480 g/mol. The minimum absolute atomic E-state index is 0.0287. The number of aliphatic hydroxyl groups excluding tert-OH is 3. The Morgan fingerprint density at radius 3 is 2.41 bits per heavy atom. The molecular formula is C29H52O5. The summed E-state index contributed by atoms with van der Waals surface area (Å²) < 4.78 is 5.30. The van der Waals surface area contributed by atoms with E-state index in [0.717, 1.165) is 57.8 Å². The first-order valence-corrected chi connectivity index (χ1v) is 14.3. The van der Waals surface area contributed by atoms with Crippen molar-refractivity contribution in [1.29, 1.82) is 0 Å². The predicted molar refractivity (Wildman–Crippen MR) is 138 cm³/mol. The van der Waals surface area contributed by atoms with Gasteiger partial charge < -0.3 is 20.1 Å². The first kappa shape index (κ1) is 29.5. The fourth-order valence-electron chi connectivity index (χ4n) is 5.90. The quantitative estimate of drug-likeness (QED) is 0.162. The molecule has 0 heterocycles. The number of rotatable bonds is 19. The van der Waals surface area contributed by atoms with Gasteiger partial charge in [0.2, 0.25) is 0 Å². The van der Waals surface area contributed by atoms with Crippen LogP contribution in [0.2, 0.25) is 0 Å². The van der Waals surface area contributed by atoms with Gasteiger partial charge in [-0.15, -0.1) is 0 Å². The fraction of sp³-hybridized carbons (Fsp3) is 0.897. The van der Waals surface area contributed by atoms with Crippen LogP contribution in [-0.4, -0.2) is 52.6 Å². The van der Waals surface area contributed by atoms with E-state index in [9.17, 15) is 20.1 Å². The Kier molecular flexibility index (Phi) is 13.9. The van der Waals surface area contributed by atoms with E-state index in [1.54, 1.807) is 0 Å². The van der Waals surface area contributed by atoms with E-state index < -0.39 is 18.3 Å². The molecule has 2 fully saturated rings. The predicted octanol–water partition coefficient (Wildman–Crippen LogP) is 5.74. The Balaban J connectivity index is 1.74. The zero-order chi connectivity index (χ0) is 24.8. The Morgan fingerprint density at radius 1 is 1.00 bits per heavy atom. The van der Waals surface area contributed by atoms with Gasteiger partial charge in [-0.1, -0.05) is 77.4 Å². The highest BCUT2D eigenvalue weighted by Crippen LogP contribution is 2.49. The molecule has 2 rings (SSSR count). The fourth-order valence-corrected chi connectivity index (χ4v) is 5.90. The van der Waals surface area contributed by atoms with Crippen LogP contribution in [-0.2, 0) is 9.53 Å². The van der Waals surface area contributed by atoms with Crippen molar-refractivity contribution in [3.63, 3.8) is 0 Å². The number of ketones is 1. The van der Waals surface area contributed by atoms with E-state index >= 15 is 0 Å². The van der Waals surface area contributed by atoms with Crippen molar-refractivity contribution in [3.05, 3.63) is 12.2 Å². The van der Waals surface area contributed by atoms with Gasteiger partial charge in [0.05, 0.1) is 18.3 Å². The second-order valence-electron chi connectivity index (χ2n) is 11.0. The normalized spacial score (nSPS) is 27.2. The summed E-state index contributed by atoms with van der Waals surface area (Å²) in [6.45, 7) is 5.14. The summed E-state index contributed by atoms with van der Waals surface area (Å²) in [4.78, 5) is 11.8. The van der Waals surface area contributed by atoms with Gasteiger partial charge in [-0.3, -0.25) is 4.79 Å². The van der Waals surface area contributed by atoms with Gasteiger partial charge in [0.25, 0.3) is 0 Å². The third-order valence-electron chi connectivity index (χ3n) is 8.29. The van der Waals surface area contributed by atoms with Gasteiger partial charge in [0, 0.05) is 25.4 Å². The van der Waals surface area contributed by atoms with Crippen molar-refractivity contribution >= 4 is 5.78 Å². The molecule has 34 heavy (non-hydrogen) atoms. The molecule has 0 aromatic rings. The first-order valence-electron chi connectivity index (χ1n) is 14.3. The summed E-state index contributed by atoms with van der Waals surface area (Å²) in [5, 5.41) is 32.1. The largest absolute Gasteiger partial charge is 0.393 e. The number of aliphatic hydroxyl groups is 3. The lowest BCUT2D eigenvalue weighted by Gasteiger charge is -2.45. The molecule has 0 spiro atoms. The van der Waals surface area contributed by atoms with Gasteiger partial charge in [-0.05, 0) is 49.9 Å². The summed E-state index contributed by atoms with van der Waals surface area (Å²) in [7, 11) is 0. The number of hydrogen-bond donors (Lipinski definition) is 3. The summed E-state index contributed by atoms with van der Waals surface area (Å²) in [5.41, 5.74) is 0.0287. The molecule has 0 radical (unpaired) electrons. The lowest BCUT2D eigenvalue weighted by molar-refractivity contribution is -0.123. The number of hydrogen-bond acceptors (Lipinski definition) is 5. The van der Waals surface area contributed by atoms with Gasteiger partial charge in [0.1, 0.15) is 6.61 Å². The van der Waals surface area contributed by atoms with Crippen LogP contribution >= 0.6 is 0 Å². The van der Waals surface area contributed by atoms with Gasteiger partial charge in [-0.2, -0.15) is 0 Å². The zero-order valence-corrected chi connectivity index (χ0v) is 21.9. The average molecular weight is 481 g/mol. The summed E-state index contributed by atoms with van der Waals surface area (Å²) >= 11 is 0. The molecule has 5 atom stereocenters. The van der Waals surface area contributed by atoms with Crippen LogP contribution in [0.3, 0.4) is 0 Å². The third kappa shape index (κ3) is 9.37. The van der Waals surface area contributed by atoms with E-state index in [-0.39, 0.29) is 29.6 Å². The van der Waals surface area contributed by atoms with E-state index in [1.807, 2.05) is 19.1 Å². The molecule has 1 unspecified atom stereocenters. The lowest BCUT2D eigenvalue weighted by Crippen LogP contribution is -2.40. The lowest BCUT2D eigenvalue weighted by atomic mass is 9.62. The maximum Gasteiger partial charge on any atom is 0.158 e. The minimum atomic E-state index is -0.536. The molecule has 2 saturated carbocycles. The molecule has 0 bridgehead atoms. The van der Waals surface area contributed by atoms with Crippen molar-refractivity contribution in [2.45, 2.75) is 135 Å². The molecule has 2 aliphatic carbocycles. The molecule has 3 N–H and O–H groups in total. The van der Waals surface area contributed by atoms with Crippen molar-refractivity contribution in [2.24, 2.45) is 17.3 Å². The standard InChI is InChI=1S/C29H52O5/c1-3-5-6-11-17-29(18-12-19-29)28(33)16-15-25-24(26(31)21-27(25)32)14-10-8-7-9-13-23(30)22-34-20-4-2/h15-16,24-28,31-33H,3-14,17-22H2,1-2H3/b16-15+/t24-,25-,26+,27-,28?/m1/s1. The zero-order valence-electron chi connectivity index (χ0n) is 21.9. The molecule has 198 valence electrons. The van der Waals surface area contributed by atoms with Crippen LogP contribution in [0.15, 0.2) is 12.2 Å². The highest BCUT2D eigenvalue weighted by Gasteiger charge is 2.43. The van der Waals surface area contributed by atoms with Gasteiger partial charge in [-0.25, -0.2) is 0 Å². The smallest absolute Gasteiger partial charge is 0.158 e. The molecule has 0 aliphatic heterocycles. The average Bonchev–Trinajstić information content (AvgIpc) is 3.05. The highest BCUT2D eigenvalue weighted by molar-refractivity contribution is 5.79. The molecule has 2 aliphatic rings. The van der Waals surface area contributed by atoms with Crippen LogP contribution in [0, 0.1) is 17.3 Å². The Labute approximate surface area is 208 Å². The number of unbranched alkanes of at least 4 members (excludes halogenated alkanes) is 6. The Hall–Kier alpha value is -0.750. The van der Waals surface area contributed by atoms with Crippen molar-refractivity contribution in [2.75, 3.05) is 13.2 Å².